The summed E-state index contributed by atoms with van der Waals surface area (Å²) in [4.78, 5) is 13.1. The van der Waals surface area contributed by atoms with Gasteiger partial charge in [-0.25, -0.2) is 8.42 Å². The number of hydrogen-bond donors (Lipinski definition) is 1. The fraction of sp³-hybridized carbons (Fsp3) is 0.632. The van der Waals surface area contributed by atoms with Crippen LogP contribution in [-0.2, 0) is 9.84 Å². The van der Waals surface area contributed by atoms with Gasteiger partial charge in [-0.15, -0.1) is 0 Å². The summed E-state index contributed by atoms with van der Waals surface area (Å²) in [5.74, 6) is 2.18. The van der Waals surface area contributed by atoms with Crippen molar-refractivity contribution in [2.75, 3.05) is 6.26 Å². The molecule has 0 aliphatic heterocycles. The van der Waals surface area contributed by atoms with Gasteiger partial charge in [0.2, 0.25) is 0 Å². The van der Waals surface area contributed by atoms with Gasteiger partial charge in [0.15, 0.2) is 9.84 Å². The first kappa shape index (κ1) is 16.1. The zero-order chi connectivity index (χ0) is 17.1. The van der Waals surface area contributed by atoms with E-state index >= 15 is 0 Å². The molecule has 0 atom stereocenters. The summed E-state index contributed by atoms with van der Waals surface area (Å²) in [5.41, 5.74) is 1.26. The van der Waals surface area contributed by atoms with Crippen molar-refractivity contribution in [2.45, 2.75) is 55.9 Å². The second kappa shape index (κ2) is 5.32. The van der Waals surface area contributed by atoms with Gasteiger partial charge in [0, 0.05) is 17.4 Å². The molecular formula is C19H25NO3S. The molecule has 4 aliphatic rings. The van der Waals surface area contributed by atoms with Gasteiger partial charge in [-0.05, 0) is 80.9 Å². The SMILES string of the molecule is Cc1ccc(S(C)(=O)=O)cc1C(=O)NC12CC3CC(CC(C3)C1)C2. The Labute approximate surface area is 143 Å². The summed E-state index contributed by atoms with van der Waals surface area (Å²) in [5, 5.41) is 3.33. The lowest BCUT2D eigenvalue weighted by molar-refractivity contribution is -0.0167. The molecule has 130 valence electrons. The number of carbonyl (C=O) groups is 1. The van der Waals surface area contributed by atoms with Crippen molar-refractivity contribution in [1.82, 2.24) is 5.32 Å². The summed E-state index contributed by atoms with van der Waals surface area (Å²) in [7, 11) is -3.31. The minimum absolute atomic E-state index is 0.0562. The van der Waals surface area contributed by atoms with Crippen LogP contribution in [0.15, 0.2) is 23.1 Å². The average Bonchev–Trinajstić information content (AvgIpc) is 2.44. The minimum Gasteiger partial charge on any atom is -0.347 e. The van der Waals surface area contributed by atoms with Crippen molar-refractivity contribution in [2.24, 2.45) is 17.8 Å². The second-order valence-corrected chi connectivity index (χ2v) is 10.4. The maximum absolute atomic E-state index is 12.9. The third-order valence-corrected chi connectivity index (χ3v) is 7.41. The molecule has 0 aromatic heterocycles. The highest BCUT2D eigenvalue weighted by molar-refractivity contribution is 7.90. The molecule has 5 heteroatoms. The van der Waals surface area contributed by atoms with E-state index in [1.54, 1.807) is 12.1 Å². The van der Waals surface area contributed by atoms with E-state index in [-0.39, 0.29) is 16.3 Å². The molecular weight excluding hydrogens is 322 g/mol. The van der Waals surface area contributed by atoms with E-state index in [2.05, 4.69) is 5.32 Å². The molecule has 0 saturated heterocycles. The third-order valence-electron chi connectivity index (χ3n) is 6.30. The molecule has 1 aromatic carbocycles. The Morgan fingerprint density at radius 3 is 2.12 bits per heavy atom. The first-order valence-electron chi connectivity index (χ1n) is 8.87. The van der Waals surface area contributed by atoms with E-state index in [4.69, 9.17) is 0 Å². The zero-order valence-electron chi connectivity index (χ0n) is 14.3. The van der Waals surface area contributed by atoms with Gasteiger partial charge >= 0.3 is 0 Å². The van der Waals surface area contributed by atoms with Crippen molar-refractivity contribution in [3.63, 3.8) is 0 Å². The van der Waals surface area contributed by atoms with E-state index in [0.29, 0.717) is 5.56 Å². The molecule has 4 bridgehead atoms. The summed E-state index contributed by atoms with van der Waals surface area (Å²) in [6.07, 6.45) is 8.45. The molecule has 0 unspecified atom stereocenters. The Bertz CT molecular complexity index is 762. The average molecular weight is 347 g/mol. The highest BCUT2D eigenvalue weighted by Crippen LogP contribution is 2.55. The number of rotatable bonds is 3. The predicted molar refractivity (Wildman–Crippen MR) is 92.7 cm³/mol. The molecule has 0 radical (unpaired) electrons. The third kappa shape index (κ3) is 2.77. The molecule has 0 spiro atoms. The molecule has 24 heavy (non-hydrogen) atoms. The number of nitrogens with one attached hydrogen (secondary N) is 1. The van der Waals surface area contributed by atoms with Crippen molar-refractivity contribution < 1.29 is 13.2 Å². The highest BCUT2D eigenvalue weighted by Gasteiger charge is 2.51. The van der Waals surface area contributed by atoms with Crippen LogP contribution in [0.2, 0.25) is 0 Å². The van der Waals surface area contributed by atoms with Gasteiger partial charge in [-0.1, -0.05) is 6.07 Å². The largest absolute Gasteiger partial charge is 0.347 e. The number of amides is 1. The lowest BCUT2D eigenvalue weighted by Gasteiger charge is -2.56. The molecule has 0 heterocycles. The van der Waals surface area contributed by atoms with Crippen LogP contribution in [0, 0.1) is 24.7 Å². The second-order valence-electron chi connectivity index (χ2n) is 8.40. The Balaban J connectivity index is 1.61. The molecule has 4 saturated carbocycles. The van der Waals surface area contributed by atoms with Crippen LogP contribution in [0.5, 0.6) is 0 Å². The minimum atomic E-state index is -3.31. The van der Waals surface area contributed by atoms with Gasteiger partial charge in [0.25, 0.3) is 5.91 Å². The fourth-order valence-corrected chi connectivity index (χ4v) is 6.30. The summed E-state index contributed by atoms with van der Waals surface area (Å²) < 4.78 is 23.6. The molecule has 1 N–H and O–H groups in total. The number of benzene rings is 1. The standard InChI is InChI=1S/C19H25NO3S/c1-12-3-4-16(24(2,22)23)8-17(12)18(21)20-19-9-13-5-14(10-19)7-15(6-13)11-19/h3-4,8,13-15H,5-7,9-11H2,1-2H3,(H,20,21). The van der Waals surface area contributed by atoms with Crippen molar-refractivity contribution >= 4 is 15.7 Å². The lowest BCUT2D eigenvalue weighted by Crippen LogP contribution is -2.59. The molecule has 1 aromatic rings. The van der Waals surface area contributed by atoms with Crippen LogP contribution < -0.4 is 5.32 Å². The molecule has 4 aliphatic carbocycles. The van der Waals surface area contributed by atoms with E-state index in [1.165, 1.54) is 31.6 Å². The number of aryl methyl sites for hydroxylation is 1. The normalized spacial score (nSPS) is 34.3. The molecule has 5 rings (SSSR count). The van der Waals surface area contributed by atoms with Gasteiger partial charge in [0.05, 0.1) is 4.90 Å². The summed E-state index contributed by atoms with van der Waals surface area (Å²) >= 11 is 0. The Hall–Kier alpha value is -1.36. The van der Waals surface area contributed by atoms with Gasteiger partial charge in [0.1, 0.15) is 0 Å². The predicted octanol–water partition coefficient (Wildman–Crippen LogP) is 3.10. The maximum Gasteiger partial charge on any atom is 0.252 e. The van der Waals surface area contributed by atoms with Crippen LogP contribution in [0.4, 0.5) is 0 Å². The molecule has 1 amide bonds. The molecule has 4 nitrogen and oxygen atoms in total. The van der Waals surface area contributed by atoms with Crippen molar-refractivity contribution in [1.29, 1.82) is 0 Å². The number of carbonyl (C=O) groups excluding carboxylic acids is 1. The monoisotopic (exact) mass is 347 g/mol. The van der Waals surface area contributed by atoms with Crippen molar-refractivity contribution in [3.05, 3.63) is 29.3 Å². The van der Waals surface area contributed by atoms with Crippen LogP contribution in [-0.4, -0.2) is 26.1 Å². The van der Waals surface area contributed by atoms with Gasteiger partial charge in [-0.3, -0.25) is 4.79 Å². The fourth-order valence-electron chi connectivity index (χ4n) is 5.65. The summed E-state index contributed by atoms with van der Waals surface area (Å²) in [6, 6.07) is 4.83. The first-order chi connectivity index (χ1) is 11.2. The van der Waals surface area contributed by atoms with E-state index in [1.807, 2.05) is 6.92 Å². The summed E-state index contributed by atoms with van der Waals surface area (Å²) in [6.45, 7) is 1.86. The van der Waals surface area contributed by atoms with E-state index in [9.17, 15) is 13.2 Å². The van der Waals surface area contributed by atoms with E-state index < -0.39 is 9.84 Å². The Morgan fingerprint density at radius 2 is 1.62 bits per heavy atom. The maximum atomic E-state index is 12.9. The van der Waals surface area contributed by atoms with Gasteiger partial charge in [-0.2, -0.15) is 0 Å². The number of sulfone groups is 1. The van der Waals surface area contributed by atoms with Crippen LogP contribution in [0.1, 0.15) is 54.4 Å². The quantitative estimate of drug-likeness (QED) is 0.914. The Morgan fingerprint density at radius 1 is 1.08 bits per heavy atom. The van der Waals surface area contributed by atoms with Crippen molar-refractivity contribution in [3.8, 4) is 0 Å². The van der Waals surface area contributed by atoms with Crippen LogP contribution in [0.25, 0.3) is 0 Å². The lowest BCUT2D eigenvalue weighted by atomic mass is 9.53. The van der Waals surface area contributed by atoms with Gasteiger partial charge < -0.3 is 5.32 Å². The highest BCUT2D eigenvalue weighted by atomic mass is 32.2. The first-order valence-corrected chi connectivity index (χ1v) is 10.8. The Kier molecular flexibility index (Phi) is 3.57. The van der Waals surface area contributed by atoms with Crippen LogP contribution >= 0.6 is 0 Å². The zero-order valence-corrected chi connectivity index (χ0v) is 15.2. The smallest absolute Gasteiger partial charge is 0.252 e. The topological polar surface area (TPSA) is 63.2 Å². The number of hydrogen-bond acceptors (Lipinski definition) is 3. The molecule has 4 fully saturated rings. The van der Waals surface area contributed by atoms with Crippen LogP contribution in [0.3, 0.4) is 0 Å². The van der Waals surface area contributed by atoms with E-state index in [0.717, 1.165) is 42.6 Å².